The van der Waals surface area contributed by atoms with Gasteiger partial charge < -0.3 is 15.4 Å². The summed E-state index contributed by atoms with van der Waals surface area (Å²) in [6.07, 6.45) is 6.99. The second-order valence-electron chi connectivity index (χ2n) is 5.01. The Morgan fingerprint density at radius 3 is 3.00 bits per heavy atom. The first-order chi connectivity index (χ1) is 8.92. The normalized spacial score (nSPS) is 25.2. The van der Waals surface area contributed by atoms with E-state index in [1.807, 2.05) is 12.3 Å². The lowest BCUT2D eigenvalue weighted by Crippen LogP contribution is -2.35. The number of aromatic nitrogens is 2. The lowest BCUT2D eigenvalue weighted by atomic mass is 10.2. The molecule has 18 heavy (non-hydrogen) atoms. The predicted molar refractivity (Wildman–Crippen MR) is 69.5 cm³/mol. The van der Waals surface area contributed by atoms with E-state index in [1.54, 1.807) is 0 Å². The highest BCUT2D eigenvalue weighted by atomic mass is 16.5. The van der Waals surface area contributed by atoms with E-state index in [1.165, 1.54) is 25.7 Å². The van der Waals surface area contributed by atoms with Gasteiger partial charge in [0.1, 0.15) is 11.6 Å². The van der Waals surface area contributed by atoms with E-state index in [4.69, 9.17) is 4.74 Å². The third-order valence-corrected chi connectivity index (χ3v) is 3.61. The molecule has 1 saturated heterocycles. The first kappa shape index (κ1) is 11.9. The molecule has 1 atom stereocenters. The predicted octanol–water partition coefficient (Wildman–Crippen LogP) is 1.49. The van der Waals surface area contributed by atoms with Gasteiger partial charge in [-0.05, 0) is 18.9 Å². The van der Waals surface area contributed by atoms with Crippen LogP contribution in [0.4, 0.5) is 5.82 Å². The van der Waals surface area contributed by atoms with Crippen molar-refractivity contribution < 1.29 is 4.74 Å². The lowest BCUT2D eigenvalue weighted by Gasteiger charge is -2.23. The van der Waals surface area contributed by atoms with Crippen LogP contribution in [0.15, 0.2) is 12.3 Å². The number of hydrogen-bond acceptors (Lipinski definition) is 5. The maximum Gasteiger partial charge on any atom is 0.149 e. The number of nitrogens with one attached hydrogen (secondary N) is 2. The molecule has 1 aromatic rings. The molecular weight excluding hydrogens is 228 g/mol. The highest BCUT2D eigenvalue weighted by Crippen LogP contribution is 2.21. The Kier molecular flexibility index (Phi) is 3.71. The van der Waals surface area contributed by atoms with Crippen molar-refractivity contribution in [1.29, 1.82) is 0 Å². The van der Waals surface area contributed by atoms with E-state index < -0.39 is 0 Å². The zero-order chi connectivity index (χ0) is 12.2. The van der Waals surface area contributed by atoms with Gasteiger partial charge in [0.15, 0.2) is 0 Å². The number of anilines is 1. The number of nitrogens with zero attached hydrogens (tertiary/aromatic N) is 2. The van der Waals surface area contributed by atoms with Crippen LogP contribution in [-0.2, 0) is 4.74 Å². The van der Waals surface area contributed by atoms with Crippen LogP contribution in [0.2, 0.25) is 0 Å². The monoisotopic (exact) mass is 248 g/mol. The molecule has 0 bridgehead atoms. The first-order valence-corrected chi connectivity index (χ1v) is 6.82. The molecule has 2 N–H and O–H groups in total. The Bertz CT molecular complexity index is 386. The van der Waals surface area contributed by atoms with E-state index in [0.717, 1.165) is 24.8 Å². The molecule has 3 rings (SSSR count). The summed E-state index contributed by atoms with van der Waals surface area (Å²) in [6, 6.07) is 2.67. The third-order valence-electron chi connectivity index (χ3n) is 3.61. The molecule has 2 fully saturated rings. The van der Waals surface area contributed by atoms with Crippen LogP contribution in [0.1, 0.15) is 37.5 Å². The van der Waals surface area contributed by atoms with Crippen LogP contribution in [0.25, 0.3) is 0 Å². The van der Waals surface area contributed by atoms with Crippen molar-refractivity contribution in [2.75, 3.05) is 25.1 Å². The summed E-state index contributed by atoms with van der Waals surface area (Å²) < 4.78 is 5.45. The summed E-state index contributed by atoms with van der Waals surface area (Å²) >= 11 is 0. The van der Waals surface area contributed by atoms with Crippen molar-refractivity contribution in [3.8, 4) is 0 Å². The van der Waals surface area contributed by atoms with Gasteiger partial charge in [-0.25, -0.2) is 9.97 Å². The third kappa shape index (κ3) is 2.79. The molecule has 5 heteroatoms. The number of ether oxygens (including phenoxy) is 1. The minimum atomic E-state index is 0.129. The van der Waals surface area contributed by atoms with E-state index in [2.05, 4.69) is 20.6 Å². The van der Waals surface area contributed by atoms with Crippen LogP contribution in [0, 0.1) is 0 Å². The summed E-state index contributed by atoms with van der Waals surface area (Å²) in [4.78, 5) is 8.94. The van der Waals surface area contributed by atoms with Gasteiger partial charge in [-0.15, -0.1) is 0 Å². The summed E-state index contributed by atoms with van der Waals surface area (Å²) in [7, 11) is 0. The molecule has 1 unspecified atom stereocenters. The number of rotatable bonds is 3. The van der Waals surface area contributed by atoms with E-state index in [0.29, 0.717) is 12.6 Å². The van der Waals surface area contributed by atoms with Gasteiger partial charge in [0.25, 0.3) is 0 Å². The van der Waals surface area contributed by atoms with Crippen molar-refractivity contribution in [1.82, 2.24) is 15.3 Å². The maximum atomic E-state index is 5.45. The SMILES string of the molecule is c1cc(NC2CCCC2)nc(C2COCCN2)n1. The average Bonchev–Trinajstić information content (AvgIpc) is 2.93. The molecule has 0 spiro atoms. The Balaban J connectivity index is 1.67. The quantitative estimate of drug-likeness (QED) is 0.848. The largest absolute Gasteiger partial charge is 0.378 e. The fraction of sp³-hybridized carbons (Fsp3) is 0.692. The topological polar surface area (TPSA) is 59.1 Å². The molecule has 0 amide bonds. The highest BCUT2D eigenvalue weighted by Gasteiger charge is 2.19. The molecule has 0 aromatic carbocycles. The van der Waals surface area contributed by atoms with Gasteiger partial charge in [-0.2, -0.15) is 0 Å². The molecule has 1 aliphatic carbocycles. The van der Waals surface area contributed by atoms with Gasteiger partial charge in [0.2, 0.25) is 0 Å². The first-order valence-electron chi connectivity index (χ1n) is 6.82. The fourth-order valence-corrected chi connectivity index (χ4v) is 2.63. The molecule has 98 valence electrons. The maximum absolute atomic E-state index is 5.45. The van der Waals surface area contributed by atoms with Crippen LogP contribution in [-0.4, -0.2) is 35.8 Å². The lowest BCUT2D eigenvalue weighted by molar-refractivity contribution is 0.0742. The number of hydrogen-bond donors (Lipinski definition) is 2. The van der Waals surface area contributed by atoms with Crippen molar-refractivity contribution in [2.24, 2.45) is 0 Å². The molecular formula is C13H20N4O. The minimum Gasteiger partial charge on any atom is -0.378 e. The summed E-state index contributed by atoms with van der Waals surface area (Å²) in [5.74, 6) is 1.77. The van der Waals surface area contributed by atoms with Gasteiger partial charge >= 0.3 is 0 Å². The zero-order valence-corrected chi connectivity index (χ0v) is 10.6. The standard InChI is InChI=1S/C13H20N4O/c1-2-4-10(3-1)16-12-5-6-15-13(17-12)11-9-18-8-7-14-11/h5-6,10-11,14H,1-4,7-9H2,(H,15,16,17). The highest BCUT2D eigenvalue weighted by molar-refractivity contribution is 5.35. The van der Waals surface area contributed by atoms with E-state index >= 15 is 0 Å². The summed E-state index contributed by atoms with van der Waals surface area (Å²) in [5, 5.41) is 6.88. The Morgan fingerprint density at radius 2 is 2.22 bits per heavy atom. The molecule has 1 aromatic heterocycles. The Hall–Kier alpha value is -1.20. The summed E-state index contributed by atoms with van der Waals surface area (Å²) in [6.45, 7) is 2.30. The van der Waals surface area contributed by atoms with Gasteiger partial charge in [-0.3, -0.25) is 0 Å². The summed E-state index contributed by atoms with van der Waals surface area (Å²) in [5.41, 5.74) is 0. The zero-order valence-electron chi connectivity index (χ0n) is 10.6. The van der Waals surface area contributed by atoms with Crippen molar-refractivity contribution in [2.45, 2.75) is 37.8 Å². The molecule has 0 radical (unpaired) electrons. The van der Waals surface area contributed by atoms with Crippen LogP contribution in [0.3, 0.4) is 0 Å². The molecule has 1 aliphatic heterocycles. The van der Waals surface area contributed by atoms with Gasteiger partial charge in [0.05, 0.1) is 19.3 Å². The average molecular weight is 248 g/mol. The van der Waals surface area contributed by atoms with Gasteiger partial charge in [-0.1, -0.05) is 12.8 Å². The smallest absolute Gasteiger partial charge is 0.149 e. The number of morpholine rings is 1. The fourth-order valence-electron chi connectivity index (χ4n) is 2.63. The van der Waals surface area contributed by atoms with Crippen molar-refractivity contribution in [3.05, 3.63) is 18.1 Å². The van der Waals surface area contributed by atoms with Gasteiger partial charge in [0, 0.05) is 18.8 Å². The molecule has 2 aliphatic rings. The molecule has 2 heterocycles. The minimum absolute atomic E-state index is 0.129. The second kappa shape index (κ2) is 5.63. The van der Waals surface area contributed by atoms with Crippen molar-refractivity contribution >= 4 is 5.82 Å². The van der Waals surface area contributed by atoms with Crippen molar-refractivity contribution in [3.63, 3.8) is 0 Å². The van der Waals surface area contributed by atoms with Crippen LogP contribution in [0.5, 0.6) is 0 Å². The van der Waals surface area contributed by atoms with E-state index in [-0.39, 0.29) is 6.04 Å². The second-order valence-corrected chi connectivity index (χ2v) is 5.01. The molecule has 5 nitrogen and oxygen atoms in total. The van der Waals surface area contributed by atoms with Crippen LogP contribution < -0.4 is 10.6 Å². The Labute approximate surface area is 107 Å². The molecule has 1 saturated carbocycles. The Morgan fingerprint density at radius 1 is 1.33 bits per heavy atom. The van der Waals surface area contributed by atoms with E-state index in [9.17, 15) is 0 Å². The van der Waals surface area contributed by atoms with Crippen LogP contribution >= 0.6 is 0 Å².